The first-order valence-corrected chi connectivity index (χ1v) is 7.09. The van der Waals surface area contributed by atoms with Crippen molar-refractivity contribution < 1.29 is 4.74 Å². The lowest BCUT2D eigenvalue weighted by molar-refractivity contribution is 0.105. The maximum atomic E-state index is 5.63. The number of anilines is 1. The number of nitrogens with one attached hydrogen (secondary N) is 2. The normalized spacial score (nSPS) is 18.1. The summed E-state index contributed by atoms with van der Waals surface area (Å²) in [6, 6.07) is 7.66. The molecule has 0 aliphatic carbocycles. The molecule has 104 valence electrons. The van der Waals surface area contributed by atoms with Crippen LogP contribution in [0.2, 0.25) is 0 Å². The smallest absolute Gasteiger partial charge is 0.138 e. The van der Waals surface area contributed by atoms with Gasteiger partial charge in [0.1, 0.15) is 22.4 Å². The summed E-state index contributed by atoms with van der Waals surface area (Å²) in [5.74, 6) is 1.65. The summed E-state index contributed by atoms with van der Waals surface area (Å²) in [6.45, 7) is 1.43. The number of pyridine rings is 1. The molecule has 1 aliphatic heterocycles. The molecule has 3 rings (SSSR count). The van der Waals surface area contributed by atoms with Gasteiger partial charge in [0.25, 0.3) is 0 Å². The first kappa shape index (κ1) is 13.2. The van der Waals surface area contributed by atoms with Crippen LogP contribution >= 0.6 is 12.2 Å². The van der Waals surface area contributed by atoms with Crippen LogP contribution in [0.25, 0.3) is 0 Å². The highest BCUT2D eigenvalue weighted by Gasteiger charge is 2.20. The number of H-pyrrole nitrogens is 1. The summed E-state index contributed by atoms with van der Waals surface area (Å²) in [5, 5.41) is 3.29. The first-order valence-electron chi connectivity index (χ1n) is 6.68. The predicted octanol–water partition coefficient (Wildman–Crippen LogP) is 3.00. The molecule has 3 heterocycles. The van der Waals surface area contributed by atoms with Crippen molar-refractivity contribution in [3.05, 3.63) is 46.6 Å². The van der Waals surface area contributed by atoms with E-state index < -0.39 is 0 Å². The third kappa shape index (κ3) is 3.20. The molecule has 5 nitrogen and oxygen atoms in total. The van der Waals surface area contributed by atoms with Gasteiger partial charge in [-0.25, -0.2) is 4.98 Å². The molecule has 1 aliphatic rings. The molecule has 1 fully saturated rings. The molecule has 0 radical (unpaired) electrons. The van der Waals surface area contributed by atoms with Crippen LogP contribution in [0, 0.1) is 4.64 Å². The second-order valence-electron chi connectivity index (χ2n) is 4.69. The molecule has 1 saturated heterocycles. The Bertz CT molecular complexity index is 623. The zero-order chi connectivity index (χ0) is 13.8. The van der Waals surface area contributed by atoms with Crippen LogP contribution in [-0.2, 0) is 11.3 Å². The number of nitrogens with zero attached hydrogens (tertiary/aromatic N) is 2. The molecular weight excluding hydrogens is 272 g/mol. The molecule has 0 aromatic carbocycles. The van der Waals surface area contributed by atoms with Gasteiger partial charge < -0.3 is 15.0 Å². The molecular formula is C14H16N4OS. The molecule has 1 unspecified atom stereocenters. The van der Waals surface area contributed by atoms with Gasteiger partial charge in [-0.1, -0.05) is 18.3 Å². The maximum absolute atomic E-state index is 5.63. The molecule has 20 heavy (non-hydrogen) atoms. The molecule has 0 amide bonds. The van der Waals surface area contributed by atoms with Crippen LogP contribution in [-0.4, -0.2) is 21.6 Å². The fourth-order valence-corrected chi connectivity index (χ4v) is 2.42. The Morgan fingerprint density at radius 1 is 1.45 bits per heavy atom. The Kier molecular flexibility index (Phi) is 4.03. The van der Waals surface area contributed by atoms with E-state index >= 15 is 0 Å². The number of hydrogen-bond acceptors (Lipinski definition) is 5. The highest BCUT2D eigenvalue weighted by Crippen LogP contribution is 2.26. The lowest BCUT2D eigenvalue weighted by Crippen LogP contribution is -2.08. The molecule has 0 bridgehead atoms. The van der Waals surface area contributed by atoms with Gasteiger partial charge in [-0.3, -0.25) is 4.98 Å². The Morgan fingerprint density at radius 3 is 3.15 bits per heavy atom. The average molecular weight is 288 g/mol. The summed E-state index contributed by atoms with van der Waals surface area (Å²) < 4.78 is 6.20. The Balaban J connectivity index is 1.74. The van der Waals surface area contributed by atoms with Crippen LogP contribution in [0.15, 0.2) is 30.5 Å². The topological polar surface area (TPSA) is 62.8 Å². The van der Waals surface area contributed by atoms with Crippen LogP contribution in [0.1, 0.15) is 30.5 Å². The van der Waals surface area contributed by atoms with Gasteiger partial charge in [-0.2, -0.15) is 0 Å². The van der Waals surface area contributed by atoms with E-state index in [1.54, 1.807) is 6.20 Å². The number of aromatic nitrogens is 3. The highest BCUT2D eigenvalue weighted by atomic mass is 32.1. The third-order valence-electron chi connectivity index (χ3n) is 3.18. The quantitative estimate of drug-likeness (QED) is 0.847. The fourth-order valence-electron chi connectivity index (χ4n) is 2.21. The number of rotatable bonds is 4. The minimum atomic E-state index is 0.0355. The van der Waals surface area contributed by atoms with Crippen molar-refractivity contribution in [2.24, 2.45) is 0 Å². The highest BCUT2D eigenvalue weighted by molar-refractivity contribution is 7.71. The van der Waals surface area contributed by atoms with Crippen LogP contribution in [0.3, 0.4) is 0 Å². The van der Waals surface area contributed by atoms with E-state index in [1.165, 1.54) is 0 Å². The summed E-state index contributed by atoms with van der Waals surface area (Å²) in [7, 11) is 0. The van der Waals surface area contributed by atoms with E-state index in [1.807, 2.05) is 24.3 Å². The third-order valence-corrected chi connectivity index (χ3v) is 3.39. The van der Waals surface area contributed by atoms with Crippen molar-refractivity contribution in [3.63, 3.8) is 0 Å². The summed E-state index contributed by atoms with van der Waals surface area (Å²) in [4.78, 5) is 11.9. The molecule has 1 atom stereocenters. The summed E-state index contributed by atoms with van der Waals surface area (Å²) in [5.41, 5.74) is 0.974. The van der Waals surface area contributed by atoms with Crippen molar-refractivity contribution in [2.75, 3.05) is 11.9 Å². The van der Waals surface area contributed by atoms with Crippen LogP contribution in [0.4, 0.5) is 5.82 Å². The van der Waals surface area contributed by atoms with Gasteiger partial charge >= 0.3 is 0 Å². The van der Waals surface area contributed by atoms with Crippen molar-refractivity contribution in [3.8, 4) is 0 Å². The predicted molar refractivity (Wildman–Crippen MR) is 78.9 cm³/mol. The first-order chi connectivity index (χ1) is 9.81. The zero-order valence-electron chi connectivity index (χ0n) is 11.0. The number of aromatic amines is 1. The Hall–Kier alpha value is -1.79. The molecule has 0 saturated carbocycles. The van der Waals surface area contributed by atoms with E-state index in [0.717, 1.165) is 36.8 Å². The Labute approximate surface area is 122 Å². The van der Waals surface area contributed by atoms with E-state index in [2.05, 4.69) is 20.3 Å². The standard InChI is InChI=1S/C14H16N4OS/c20-13-8-12(16-9-10-4-1-2-6-15-10)17-14(18-13)11-5-3-7-19-11/h1-2,4,6,8,11H,3,5,7,9H2,(H2,16,17,18,20). The van der Waals surface area contributed by atoms with Crippen molar-refractivity contribution in [1.82, 2.24) is 15.0 Å². The molecule has 0 spiro atoms. The van der Waals surface area contributed by atoms with Crippen molar-refractivity contribution >= 4 is 18.0 Å². The van der Waals surface area contributed by atoms with E-state index in [0.29, 0.717) is 11.2 Å². The average Bonchev–Trinajstić information content (AvgIpc) is 3.00. The lowest BCUT2D eigenvalue weighted by atomic mass is 10.2. The van der Waals surface area contributed by atoms with Gasteiger partial charge in [0.05, 0.1) is 12.2 Å². The van der Waals surface area contributed by atoms with Gasteiger partial charge in [-0.15, -0.1) is 0 Å². The van der Waals surface area contributed by atoms with Gasteiger partial charge in [0.2, 0.25) is 0 Å². The monoisotopic (exact) mass is 288 g/mol. The Morgan fingerprint density at radius 2 is 2.40 bits per heavy atom. The lowest BCUT2D eigenvalue weighted by Gasteiger charge is -2.12. The van der Waals surface area contributed by atoms with Gasteiger partial charge in [0, 0.05) is 18.9 Å². The van der Waals surface area contributed by atoms with Crippen LogP contribution in [0.5, 0.6) is 0 Å². The number of ether oxygens (including phenoxy) is 1. The summed E-state index contributed by atoms with van der Waals surface area (Å²) in [6.07, 6.45) is 3.87. The van der Waals surface area contributed by atoms with Gasteiger partial charge in [0.15, 0.2) is 0 Å². The van der Waals surface area contributed by atoms with Crippen molar-refractivity contribution in [1.29, 1.82) is 0 Å². The second kappa shape index (κ2) is 6.11. The number of hydrogen-bond donors (Lipinski definition) is 2. The SMILES string of the molecule is S=c1cc(NCc2ccccn2)[nH]c(C2CCCO2)n1. The largest absolute Gasteiger partial charge is 0.370 e. The zero-order valence-corrected chi connectivity index (χ0v) is 11.8. The van der Waals surface area contributed by atoms with Crippen LogP contribution < -0.4 is 5.32 Å². The van der Waals surface area contributed by atoms with E-state index in [9.17, 15) is 0 Å². The molecule has 6 heteroatoms. The maximum Gasteiger partial charge on any atom is 0.138 e. The second-order valence-corrected chi connectivity index (χ2v) is 5.11. The minimum Gasteiger partial charge on any atom is -0.370 e. The fraction of sp³-hybridized carbons (Fsp3) is 0.357. The molecule has 2 aromatic rings. The summed E-state index contributed by atoms with van der Waals surface area (Å²) >= 11 is 5.21. The minimum absolute atomic E-state index is 0.0355. The van der Waals surface area contributed by atoms with Crippen molar-refractivity contribution in [2.45, 2.75) is 25.5 Å². The van der Waals surface area contributed by atoms with E-state index in [4.69, 9.17) is 17.0 Å². The van der Waals surface area contributed by atoms with Gasteiger partial charge in [-0.05, 0) is 25.0 Å². The molecule has 2 aromatic heterocycles. The molecule has 2 N–H and O–H groups in total. The van der Waals surface area contributed by atoms with E-state index in [-0.39, 0.29) is 6.10 Å².